The van der Waals surface area contributed by atoms with E-state index in [2.05, 4.69) is 16.6 Å². The van der Waals surface area contributed by atoms with Crippen LogP contribution in [0.15, 0.2) is 18.2 Å². The van der Waals surface area contributed by atoms with Gasteiger partial charge in [0.1, 0.15) is 6.11 Å². The third-order valence-electron chi connectivity index (χ3n) is 1.74. The second-order valence-corrected chi connectivity index (χ2v) is 4.02. The van der Waals surface area contributed by atoms with Gasteiger partial charge in [-0.05, 0) is 18.1 Å². The first-order valence-corrected chi connectivity index (χ1v) is 5.05. The molecule has 4 nitrogen and oxygen atoms in total. The zero-order valence-electron chi connectivity index (χ0n) is 6.31. The zero-order chi connectivity index (χ0) is 8.89. The van der Waals surface area contributed by atoms with Gasteiger partial charge in [-0.25, -0.2) is 0 Å². The van der Waals surface area contributed by atoms with E-state index in [4.69, 9.17) is 9.05 Å². The topological polar surface area (TPSA) is 44.8 Å². The standard InChI is InChI=1S/C8H3O4P/c9-13-10-5-4-6-2-1-3-7(11-13)8(6)12-13/h1-3H. The van der Waals surface area contributed by atoms with Crippen LogP contribution in [0.5, 0.6) is 11.5 Å². The molecule has 0 N–H and O–H groups in total. The predicted octanol–water partition coefficient (Wildman–Crippen LogP) is 1.91. The van der Waals surface area contributed by atoms with Gasteiger partial charge < -0.3 is 13.6 Å². The minimum atomic E-state index is -3.47. The lowest BCUT2D eigenvalue weighted by atomic mass is 10.2. The molecule has 0 saturated carbocycles. The van der Waals surface area contributed by atoms with Crippen molar-refractivity contribution in [2.45, 2.75) is 0 Å². The van der Waals surface area contributed by atoms with Gasteiger partial charge in [0.25, 0.3) is 0 Å². The first kappa shape index (κ1) is 6.88. The van der Waals surface area contributed by atoms with Gasteiger partial charge in [0.2, 0.25) is 0 Å². The molecule has 0 fully saturated rings. The van der Waals surface area contributed by atoms with Crippen LogP contribution in [0.1, 0.15) is 5.56 Å². The Morgan fingerprint density at radius 1 is 1.31 bits per heavy atom. The lowest BCUT2D eigenvalue weighted by Crippen LogP contribution is -1.91. The number of hydrogen-bond acceptors (Lipinski definition) is 4. The number of benzene rings is 1. The summed E-state index contributed by atoms with van der Waals surface area (Å²) < 4.78 is 26.2. The first-order valence-electron chi connectivity index (χ1n) is 3.59. The maximum atomic E-state index is 11.5. The molecule has 1 atom stereocenters. The summed E-state index contributed by atoms with van der Waals surface area (Å²) in [5.74, 6) is 3.51. The smallest absolute Gasteiger partial charge is 0.381 e. The highest BCUT2D eigenvalue weighted by Crippen LogP contribution is 2.60. The van der Waals surface area contributed by atoms with Gasteiger partial charge in [-0.2, -0.15) is 4.57 Å². The number of phosphoric acid groups is 1. The van der Waals surface area contributed by atoms with E-state index in [1.807, 2.05) is 0 Å². The van der Waals surface area contributed by atoms with E-state index < -0.39 is 7.82 Å². The van der Waals surface area contributed by atoms with Crippen LogP contribution in [0.25, 0.3) is 0 Å². The van der Waals surface area contributed by atoms with Crippen molar-refractivity contribution in [1.82, 2.24) is 0 Å². The summed E-state index contributed by atoms with van der Waals surface area (Å²) in [6, 6.07) is 5.17. The van der Waals surface area contributed by atoms with Crippen molar-refractivity contribution in [3.05, 3.63) is 23.8 Å². The fourth-order valence-corrected chi connectivity index (χ4v) is 2.27. The van der Waals surface area contributed by atoms with Gasteiger partial charge >= 0.3 is 7.82 Å². The van der Waals surface area contributed by atoms with Gasteiger partial charge in [-0.1, -0.05) is 6.07 Å². The predicted molar refractivity (Wildman–Crippen MR) is 43.3 cm³/mol. The van der Waals surface area contributed by atoms with Crippen LogP contribution in [-0.2, 0) is 9.09 Å². The zero-order valence-corrected chi connectivity index (χ0v) is 7.21. The monoisotopic (exact) mass is 194 g/mol. The molecule has 13 heavy (non-hydrogen) atoms. The molecule has 2 aliphatic rings. The molecule has 2 bridgehead atoms. The summed E-state index contributed by atoms with van der Waals surface area (Å²) in [7, 11) is -3.47. The Labute approximate surface area is 74.0 Å². The van der Waals surface area contributed by atoms with Crippen LogP contribution in [0.3, 0.4) is 0 Å². The van der Waals surface area contributed by atoms with Crippen LogP contribution in [0.2, 0.25) is 0 Å². The molecule has 2 heterocycles. The Morgan fingerprint density at radius 3 is 3.15 bits per heavy atom. The summed E-state index contributed by atoms with van der Waals surface area (Å²) in [6.45, 7) is 0. The summed E-state index contributed by atoms with van der Waals surface area (Å²) in [6.07, 6.45) is 2.28. The highest BCUT2D eigenvalue weighted by Gasteiger charge is 2.42. The molecule has 0 saturated heterocycles. The number of hydrogen-bond donors (Lipinski definition) is 0. The second-order valence-electron chi connectivity index (χ2n) is 2.58. The van der Waals surface area contributed by atoms with Crippen LogP contribution >= 0.6 is 7.82 Å². The molecule has 0 spiro atoms. The van der Waals surface area contributed by atoms with Crippen LogP contribution in [0.4, 0.5) is 0 Å². The lowest BCUT2D eigenvalue weighted by molar-refractivity contribution is 0.317. The van der Waals surface area contributed by atoms with Gasteiger partial charge in [-0.15, -0.1) is 0 Å². The molecule has 5 heteroatoms. The highest BCUT2D eigenvalue weighted by atomic mass is 31.2. The normalized spacial score (nSPS) is 25.8. The van der Waals surface area contributed by atoms with Crippen molar-refractivity contribution in [1.29, 1.82) is 0 Å². The molecule has 2 aliphatic heterocycles. The molecule has 0 aromatic heterocycles. The molecular weight excluding hydrogens is 191 g/mol. The summed E-state index contributed by atoms with van der Waals surface area (Å²) >= 11 is 0. The van der Waals surface area contributed by atoms with E-state index in [9.17, 15) is 4.57 Å². The van der Waals surface area contributed by atoms with Crippen LogP contribution < -0.4 is 9.05 Å². The Kier molecular flexibility index (Phi) is 1.06. The Morgan fingerprint density at radius 2 is 2.23 bits per heavy atom. The first-order chi connectivity index (χ1) is 6.27. The van der Waals surface area contributed by atoms with Gasteiger partial charge in [0.05, 0.1) is 5.56 Å². The average Bonchev–Trinajstić information content (AvgIpc) is 2.33. The van der Waals surface area contributed by atoms with Crippen molar-refractivity contribution in [2.24, 2.45) is 0 Å². The molecular formula is C8H3O4P. The third-order valence-corrected chi connectivity index (χ3v) is 2.88. The number of para-hydroxylation sites is 1. The van der Waals surface area contributed by atoms with Crippen LogP contribution in [-0.4, -0.2) is 0 Å². The quantitative estimate of drug-likeness (QED) is 0.467. The molecule has 0 aliphatic carbocycles. The van der Waals surface area contributed by atoms with E-state index in [0.29, 0.717) is 17.1 Å². The summed E-state index contributed by atoms with van der Waals surface area (Å²) in [4.78, 5) is 0. The van der Waals surface area contributed by atoms with Gasteiger partial charge in [0, 0.05) is 0 Å². The summed E-state index contributed by atoms with van der Waals surface area (Å²) in [5, 5.41) is 0. The number of phosphoric ester groups is 1. The molecule has 1 unspecified atom stereocenters. The van der Waals surface area contributed by atoms with Crippen molar-refractivity contribution in [2.75, 3.05) is 0 Å². The van der Waals surface area contributed by atoms with Crippen molar-refractivity contribution >= 4 is 7.82 Å². The minimum Gasteiger partial charge on any atom is -0.381 e. The number of fused-ring (bicyclic) bond motifs is 1. The van der Waals surface area contributed by atoms with Crippen molar-refractivity contribution < 1.29 is 18.1 Å². The average molecular weight is 194 g/mol. The maximum absolute atomic E-state index is 11.5. The van der Waals surface area contributed by atoms with Crippen LogP contribution in [0, 0.1) is 12.0 Å². The molecule has 0 amide bonds. The molecule has 64 valence electrons. The fourth-order valence-electron chi connectivity index (χ4n) is 1.20. The molecule has 0 radical (unpaired) electrons. The lowest BCUT2D eigenvalue weighted by Gasteiger charge is -2.02. The maximum Gasteiger partial charge on any atom is 0.656 e. The third kappa shape index (κ3) is 0.851. The van der Waals surface area contributed by atoms with E-state index in [1.54, 1.807) is 18.2 Å². The van der Waals surface area contributed by atoms with E-state index in [1.165, 1.54) is 0 Å². The van der Waals surface area contributed by atoms with Crippen molar-refractivity contribution in [3.8, 4) is 23.5 Å². The molecule has 1 aromatic rings. The SMILES string of the molecule is O=P12OC#Cc3cccc(c3O1)O2. The van der Waals surface area contributed by atoms with Gasteiger partial charge in [-0.3, -0.25) is 0 Å². The minimum absolute atomic E-state index is 0.413. The second kappa shape index (κ2) is 2.01. The Hall–Kier alpha value is -1.59. The number of rotatable bonds is 0. The fraction of sp³-hybridized carbons (Fsp3) is 0. The highest BCUT2D eigenvalue weighted by molar-refractivity contribution is 7.49. The Bertz CT molecular complexity index is 497. The molecule has 3 rings (SSSR count). The Balaban J connectivity index is 2.37. The van der Waals surface area contributed by atoms with E-state index >= 15 is 0 Å². The van der Waals surface area contributed by atoms with Gasteiger partial charge in [0.15, 0.2) is 11.5 Å². The van der Waals surface area contributed by atoms with Crippen molar-refractivity contribution in [3.63, 3.8) is 0 Å². The van der Waals surface area contributed by atoms with E-state index in [0.717, 1.165) is 0 Å². The largest absolute Gasteiger partial charge is 0.656 e. The summed E-state index contributed by atoms with van der Waals surface area (Å²) in [5.41, 5.74) is 0.632. The molecule has 1 aromatic carbocycles. The van der Waals surface area contributed by atoms with E-state index in [-0.39, 0.29) is 0 Å².